The minimum Gasteiger partial charge on any atom is -0.495 e. The third-order valence-electron chi connectivity index (χ3n) is 7.66. The Morgan fingerprint density at radius 2 is 2.21 bits per heavy atom. The summed E-state index contributed by atoms with van der Waals surface area (Å²) in [6, 6.07) is 7.79. The number of hydrogen-bond acceptors (Lipinski definition) is 8. The van der Waals surface area contributed by atoms with Gasteiger partial charge in [-0.15, -0.1) is 0 Å². The van der Waals surface area contributed by atoms with Gasteiger partial charge in [0, 0.05) is 37.0 Å². The number of allylic oxidation sites excluding steroid dienone is 3. The highest BCUT2D eigenvalue weighted by molar-refractivity contribution is 5.83. The van der Waals surface area contributed by atoms with Gasteiger partial charge in [-0.3, -0.25) is 9.88 Å². The molecule has 1 aromatic heterocycles. The number of aromatic nitrogens is 1. The third kappa shape index (κ3) is 6.27. The highest BCUT2D eigenvalue weighted by Crippen LogP contribution is 2.29. The van der Waals surface area contributed by atoms with E-state index < -0.39 is 6.10 Å². The predicted molar refractivity (Wildman–Crippen MR) is 146 cm³/mol. The van der Waals surface area contributed by atoms with Crippen LogP contribution in [0.2, 0.25) is 0 Å². The fourth-order valence-corrected chi connectivity index (χ4v) is 5.60. The Bertz CT molecular complexity index is 1220. The van der Waals surface area contributed by atoms with Crippen molar-refractivity contribution in [1.29, 1.82) is 0 Å². The molecule has 4 atom stereocenters. The standard InChI is InChI=1S/C30H37N3O5/c1-36-23-15-25-24(8-5-9-27(25)31-16-23)29(35)18-33-11-10-26(22(17-33)19-34)32-28(30-20-37-12-13-38-30)14-21-6-3-2-4-7-21/h2-3,5-6,8-9,12-13,15-16,20,22,26,28-29,32,34-35H,4,7,10-11,14,17-19H2,1H3. The molecule has 0 spiro atoms. The van der Waals surface area contributed by atoms with Gasteiger partial charge in [-0.2, -0.15) is 0 Å². The van der Waals surface area contributed by atoms with Crippen molar-refractivity contribution in [2.75, 3.05) is 33.4 Å². The van der Waals surface area contributed by atoms with Crippen molar-refractivity contribution in [3.8, 4) is 5.75 Å². The van der Waals surface area contributed by atoms with Gasteiger partial charge in [0.1, 0.15) is 24.5 Å². The maximum Gasteiger partial charge on any atom is 0.155 e. The molecule has 1 saturated heterocycles. The lowest BCUT2D eigenvalue weighted by Crippen LogP contribution is -2.54. The van der Waals surface area contributed by atoms with Crippen LogP contribution in [0.25, 0.3) is 10.9 Å². The number of β-amino-alcohol motifs (C(OH)–C–C–N with tert-alkyl or cyclic N) is 1. The van der Waals surface area contributed by atoms with Crippen LogP contribution >= 0.6 is 0 Å². The van der Waals surface area contributed by atoms with E-state index in [1.165, 1.54) is 11.8 Å². The van der Waals surface area contributed by atoms with E-state index in [-0.39, 0.29) is 24.6 Å². The summed E-state index contributed by atoms with van der Waals surface area (Å²) in [6.45, 7) is 2.04. The lowest BCUT2D eigenvalue weighted by Gasteiger charge is -2.41. The van der Waals surface area contributed by atoms with Gasteiger partial charge in [-0.1, -0.05) is 35.9 Å². The molecule has 0 bridgehead atoms. The van der Waals surface area contributed by atoms with Gasteiger partial charge in [-0.05, 0) is 49.9 Å². The number of fused-ring (bicyclic) bond motifs is 1. The zero-order valence-electron chi connectivity index (χ0n) is 21.8. The third-order valence-corrected chi connectivity index (χ3v) is 7.66. The fraction of sp³-hybridized carbons (Fsp3) is 0.433. The number of pyridine rings is 1. The number of rotatable bonds is 10. The molecule has 38 heavy (non-hydrogen) atoms. The zero-order valence-corrected chi connectivity index (χ0v) is 21.8. The quantitative estimate of drug-likeness (QED) is 0.434. The molecule has 1 fully saturated rings. The van der Waals surface area contributed by atoms with Crippen LogP contribution in [0.15, 0.2) is 78.8 Å². The highest BCUT2D eigenvalue weighted by atomic mass is 16.5. The van der Waals surface area contributed by atoms with Crippen molar-refractivity contribution in [3.63, 3.8) is 0 Å². The topological polar surface area (TPSA) is 96.3 Å². The van der Waals surface area contributed by atoms with Crippen LogP contribution in [0.1, 0.15) is 37.4 Å². The average molecular weight is 520 g/mol. The van der Waals surface area contributed by atoms with Crippen LogP contribution in [0.3, 0.4) is 0 Å². The number of piperidine rings is 1. The van der Waals surface area contributed by atoms with Crippen molar-refractivity contribution in [2.24, 2.45) is 5.92 Å². The molecule has 3 N–H and O–H groups in total. The summed E-state index contributed by atoms with van der Waals surface area (Å²) < 4.78 is 16.5. The first-order valence-corrected chi connectivity index (χ1v) is 13.4. The van der Waals surface area contributed by atoms with Crippen molar-refractivity contribution in [1.82, 2.24) is 15.2 Å². The molecule has 0 radical (unpaired) electrons. The molecule has 2 aromatic rings. The summed E-state index contributed by atoms with van der Waals surface area (Å²) in [5.74, 6) is 1.43. The molecule has 8 heteroatoms. The van der Waals surface area contributed by atoms with E-state index in [4.69, 9.17) is 14.2 Å². The van der Waals surface area contributed by atoms with Crippen LogP contribution in [-0.2, 0) is 9.47 Å². The van der Waals surface area contributed by atoms with E-state index in [0.29, 0.717) is 18.8 Å². The summed E-state index contributed by atoms with van der Waals surface area (Å²) in [5.41, 5.74) is 3.02. The summed E-state index contributed by atoms with van der Waals surface area (Å²) in [4.78, 5) is 6.70. The first-order chi connectivity index (χ1) is 18.6. The van der Waals surface area contributed by atoms with E-state index in [0.717, 1.165) is 54.5 Å². The molecule has 1 aromatic carbocycles. The zero-order chi connectivity index (χ0) is 26.3. The number of aliphatic hydroxyl groups excluding tert-OH is 2. The van der Waals surface area contributed by atoms with Crippen LogP contribution < -0.4 is 10.1 Å². The van der Waals surface area contributed by atoms with E-state index in [2.05, 4.69) is 33.4 Å². The molecular formula is C30H37N3O5. The molecule has 2 aliphatic heterocycles. The SMILES string of the molecule is COc1cnc2cccc(C(O)CN3CCC(NC(CC4=CC=CCC4)C4=COC=CO4)C(CO)C3)c2c1. The summed E-state index contributed by atoms with van der Waals surface area (Å²) in [7, 11) is 1.61. The van der Waals surface area contributed by atoms with Crippen molar-refractivity contribution in [3.05, 3.63) is 84.4 Å². The molecule has 0 saturated carbocycles. The molecule has 1 aliphatic carbocycles. The molecule has 4 unspecified atom stereocenters. The van der Waals surface area contributed by atoms with Gasteiger partial charge < -0.3 is 29.7 Å². The van der Waals surface area contributed by atoms with E-state index >= 15 is 0 Å². The average Bonchev–Trinajstić information content (AvgIpc) is 2.97. The van der Waals surface area contributed by atoms with E-state index in [1.54, 1.807) is 25.8 Å². The molecule has 202 valence electrons. The normalized spacial score (nSPS) is 23.2. The molecule has 5 rings (SSSR count). The van der Waals surface area contributed by atoms with Crippen LogP contribution in [0.5, 0.6) is 5.75 Å². The molecule has 3 heterocycles. The number of aliphatic hydroxyl groups is 2. The minimum atomic E-state index is -0.680. The highest BCUT2D eigenvalue weighted by Gasteiger charge is 2.33. The Morgan fingerprint density at radius 3 is 2.97 bits per heavy atom. The molecule has 0 amide bonds. The number of methoxy groups -OCH3 is 1. The largest absolute Gasteiger partial charge is 0.495 e. The smallest absolute Gasteiger partial charge is 0.155 e. The Hall–Kier alpha value is -3.17. The maximum atomic E-state index is 11.2. The van der Waals surface area contributed by atoms with Gasteiger partial charge in [0.25, 0.3) is 0 Å². The van der Waals surface area contributed by atoms with E-state index in [1.807, 2.05) is 24.3 Å². The molecule has 3 aliphatic rings. The number of hydrogen-bond donors (Lipinski definition) is 3. The monoisotopic (exact) mass is 519 g/mol. The molecular weight excluding hydrogens is 482 g/mol. The van der Waals surface area contributed by atoms with Gasteiger partial charge >= 0.3 is 0 Å². The van der Waals surface area contributed by atoms with Gasteiger partial charge in [0.15, 0.2) is 5.76 Å². The lowest BCUT2D eigenvalue weighted by molar-refractivity contribution is 0.0477. The lowest BCUT2D eigenvalue weighted by atomic mass is 9.89. The molecule has 8 nitrogen and oxygen atoms in total. The van der Waals surface area contributed by atoms with Crippen LogP contribution in [-0.4, -0.2) is 65.5 Å². The second-order valence-corrected chi connectivity index (χ2v) is 10.2. The maximum absolute atomic E-state index is 11.2. The summed E-state index contributed by atoms with van der Waals surface area (Å²) >= 11 is 0. The van der Waals surface area contributed by atoms with Gasteiger partial charge in [0.2, 0.25) is 0 Å². The number of nitrogens with one attached hydrogen (secondary N) is 1. The number of ether oxygens (including phenoxy) is 3. The van der Waals surface area contributed by atoms with Gasteiger partial charge in [-0.25, -0.2) is 0 Å². The minimum absolute atomic E-state index is 0.0219. The van der Waals surface area contributed by atoms with Crippen LogP contribution in [0, 0.1) is 5.92 Å². The number of nitrogens with zero attached hydrogens (tertiary/aromatic N) is 2. The number of likely N-dealkylation sites (tertiary alicyclic amines) is 1. The Balaban J connectivity index is 1.25. The first kappa shape index (κ1) is 26.4. The van der Waals surface area contributed by atoms with Crippen molar-refractivity contribution >= 4 is 10.9 Å². The Kier molecular flexibility index (Phi) is 8.75. The summed E-state index contributed by atoms with van der Waals surface area (Å²) in [6.07, 6.45) is 16.0. The van der Waals surface area contributed by atoms with Gasteiger partial charge in [0.05, 0.1) is 31.0 Å². The first-order valence-electron chi connectivity index (χ1n) is 13.4. The van der Waals surface area contributed by atoms with Crippen molar-refractivity contribution < 1.29 is 24.4 Å². The Labute approximate surface area is 223 Å². The second-order valence-electron chi connectivity index (χ2n) is 10.2. The summed E-state index contributed by atoms with van der Waals surface area (Å²) in [5, 5.41) is 26.2. The van der Waals surface area contributed by atoms with Crippen LogP contribution in [0.4, 0.5) is 0 Å². The Morgan fingerprint density at radius 1 is 1.29 bits per heavy atom. The number of benzene rings is 1. The second kappa shape index (κ2) is 12.6. The predicted octanol–water partition coefficient (Wildman–Crippen LogP) is 3.94. The fourth-order valence-electron chi connectivity index (χ4n) is 5.60. The van der Waals surface area contributed by atoms with E-state index in [9.17, 15) is 10.2 Å². The van der Waals surface area contributed by atoms with Crippen molar-refractivity contribution in [2.45, 2.75) is 43.9 Å².